The Bertz CT molecular complexity index is 1340. The van der Waals surface area contributed by atoms with Gasteiger partial charge in [0, 0.05) is 12.3 Å². The van der Waals surface area contributed by atoms with Gasteiger partial charge in [-0.3, -0.25) is 14.6 Å². The van der Waals surface area contributed by atoms with Crippen LogP contribution in [-0.4, -0.2) is 31.7 Å². The fourth-order valence-electron chi connectivity index (χ4n) is 3.63. The molecule has 0 spiro atoms. The van der Waals surface area contributed by atoms with E-state index in [1.54, 1.807) is 42.6 Å². The normalized spacial score (nSPS) is 11.6. The lowest BCUT2D eigenvalue weighted by atomic mass is 9.98. The van der Waals surface area contributed by atoms with Crippen LogP contribution in [0.4, 0.5) is 4.39 Å². The smallest absolute Gasteiger partial charge is 0.305 e. The highest BCUT2D eigenvalue weighted by atomic mass is 19.1. The largest absolute Gasteiger partial charge is 0.481 e. The Balaban J connectivity index is 1.65. The number of hydrogen-bond donors (Lipinski definition) is 2. The number of amides is 1. The number of carbonyl (C=O) groups is 2. The van der Waals surface area contributed by atoms with Crippen LogP contribution in [-0.2, 0) is 11.4 Å². The summed E-state index contributed by atoms with van der Waals surface area (Å²) >= 11 is 0. The van der Waals surface area contributed by atoms with Crippen LogP contribution in [0.3, 0.4) is 0 Å². The number of nitrogens with zero attached hydrogens (tertiary/aromatic N) is 3. The van der Waals surface area contributed by atoms with Gasteiger partial charge in [0.1, 0.15) is 18.1 Å². The zero-order valence-electron chi connectivity index (χ0n) is 18.9. The summed E-state index contributed by atoms with van der Waals surface area (Å²) in [4.78, 5) is 28.8. The zero-order valence-corrected chi connectivity index (χ0v) is 18.9. The number of hydrogen-bond acceptors (Lipinski definition) is 5. The molecule has 0 unspecified atom stereocenters. The van der Waals surface area contributed by atoms with E-state index in [9.17, 15) is 19.1 Å². The van der Waals surface area contributed by atoms with Crippen LogP contribution in [0.25, 0.3) is 5.69 Å². The van der Waals surface area contributed by atoms with E-state index >= 15 is 0 Å². The summed E-state index contributed by atoms with van der Waals surface area (Å²) in [5.74, 6) is -2.09. The van der Waals surface area contributed by atoms with E-state index in [1.807, 2.05) is 25.1 Å². The van der Waals surface area contributed by atoms with E-state index < -0.39 is 23.7 Å². The number of carbonyl (C=O) groups excluding carboxylic acids is 1. The van der Waals surface area contributed by atoms with Crippen molar-refractivity contribution >= 4 is 11.9 Å². The van der Waals surface area contributed by atoms with Gasteiger partial charge in [0.2, 0.25) is 5.88 Å². The molecule has 0 saturated heterocycles. The lowest BCUT2D eigenvalue weighted by Crippen LogP contribution is -2.31. The van der Waals surface area contributed by atoms with Crippen LogP contribution in [0.5, 0.6) is 5.88 Å². The summed E-state index contributed by atoms with van der Waals surface area (Å²) < 4.78 is 21.6. The summed E-state index contributed by atoms with van der Waals surface area (Å²) in [6.07, 6.45) is 1.31. The average molecular weight is 474 g/mol. The van der Waals surface area contributed by atoms with E-state index in [0.29, 0.717) is 11.3 Å². The van der Waals surface area contributed by atoms with E-state index in [2.05, 4.69) is 15.4 Å². The first-order chi connectivity index (χ1) is 16.9. The Morgan fingerprint density at radius 3 is 2.54 bits per heavy atom. The van der Waals surface area contributed by atoms with Crippen molar-refractivity contribution in [2.24, 2.45) is 0 Å². The van der Waals surface area contributed by atoms with Gasteiger partial charge in [0.05, 0.1) is 18.2 Å². The fraction of sp³-hybridized carbons (Fsp3) is 0.154. The van der Waals surface area contributed by atoms with Gasteiger partial charge in [-0.15, -0.1) is 0 Å². The topological polar surface area (TPSA) is 106 Å². The lowest BCUT2D eigenvalue weighted by Gasteiger charge is -2.18. The molecule has 1 atom stereocenters. The highest BCUT2D eigenvalue weighted by Crippen LogP contribution is 2.25. The summed E-state index contributed by atoms with van der Waals surface area (Å²) in [7, 11) is 0. The van der Waals surface area contributed by atoms with Gasteiger partial charge >= 0.3 is 5.97 Å². The maximum atomic E-state index is 14.6. The second-order valence-corrected chi connectivity index (χ2v) is 7.82. The van der Waals surface area contributed by atoms with E-state index in [-0.39, 0.29) is 30.3 Å². The number of aliphatic carboxylic acids is 1. The van der Waals surface area contributed by atoms with Crippen LogP contribution >= 0.6 is 0 Å². The molecule has 0 aliphatic carbocycles. The Kier molecular flexibility index (Phi) is 7.15. The fourth-order valence-corrected chi connectivity index (χ4v) is 3.63. The van der Waals surface area contributed by atoms with Crippen LogP contribution in [0, 0.1) is 12.7 Å². The van der Waals surface area contributed by atoms with E-state index in [1.165, 1.54) is 22.9 Å². The molecule has 1 amide bonds. The molecule has 2 N–H and O–H groups in total. The Morgan fingerprint density at radius 2 is 1.83 bits per heavy atom. The van der Waals surface area contributed by atoms with E-state index in [0.717, 1.165) is 5.56 Å². The van der Waals surface area contributed by atoms with Crippen molar-refractivity contribution in [2.75, 3.05) is 0 Å². The Morgan fingerprint density at radius 1 is 1.09 bits per heavy atom. The standard InChI is InChI=1S/C26H23FN4O4/c1-17-8-2-3-10-19(17)21(15-25(32)33)29-26(34)22-14-24(35-16-18-9-6-7-13-28-18)31(30-22)23-12-5-4-11-20(23)27/h2-14,21H,15-16H2,1H3,(H,29,34)(H,32,33)/t21-/m0/s1. The van der Waals surface area contributed by atoms with Crippen molar-refractivity contribution < 1.29 is 23.8 Å². The second kappa shape index (κ2) is 10.6. The molecule has 2 aromatic carbocycles. The third-order valence-corrected chi connectivity index (χ3v) is 5.33. The maximum Gasteiger partial charge on any atom is 0.305 e. The SMILES string of the molecule is Cc1ccccc1[C@H](CC(=O)O)NC(=O)c1cc(OCc2ccccn2)n(-c2ccccc2F)n1. The molecule has 4 aromatic rings. The number of benzene rings is 2. The first kappa shape index (κ1) is 23.6. The number of ether oxygens (including phenoxy) is 1. The number of para-hydroxylation sites is 1. The summed E-state index contributed by atoms with van der Waals surface area (Å²) in [6.45, 7) is 1.92. The monoisotopic (exact) mass is 474 g/mol. The predicted octanol–water partition coefficient (Wildman–Crippen LogP) is 4.24. The third-order valence-electron chi connectivity index (χ3n) is 5.33. The minimum Gasteiger partial charge on any atom is -0.481 e. The Labute approximate surface area is 201 Å². The quantitative estimate of drug-likeness (QED) is 0.376. The third kappa shape index (κ3) is 5.70. The summed E-state index contributed by atoms with van der Waals surface area (Å²) in [6, 6.07) is 19.2. The molecular weight excluding hydrogens is 451 g/mol. The predicted molar refractivity (Wildman–Crippen MR) is 126 cm³/mol. The van der Waals surface area contributed by atoms with Crippen LogP contribution < -0.4 is 10.1 Å². The minimum atomic E-state index is -1.06. The molecule has 0 aliphatic heterocycles. The minimum absolute atomic E-state index is 0.0479. The summed E-state index contributed by atoms with van der Waals surface area (Å²) in [5.41, 5.74) is 2.22. The van der Waals surface area contributed by atoms with Crippen molar-refractivity contribution in [1.82, 2.24) is 20.1 Å². The lowest BCUT2D eigenvalue weighted by molar-refractivity contribution is -0.137. The molecular formula is C26H23FN4O4. The van der Waals surface area contributed by atoms with Crippen LogP contribution in [0.15, 0.2) is 79.0 Å². The van der Waals surface area contributed by atoms with Crippen LogP contribution in [0.2, 0.25) is 0 Å². The van der Waals surface area contributed by atoms with Gasteiger partial charge in [-0.25, -0.2) is 4.39 Å². The number of pyridine rings is 1. The van der Waals surface area contributed by atoms with Crippen molar-refractivity contribution in [3.8, 4) is 11.6 Å². The van der Waals surface area contributed by atoms with Crippen molar-refractivity contribution in [2.45, 2.75) is 26.0 Å². The number of aryl methyl sites for hydroxylation is 1. The van der Waals surface area contributed by atoms with Gasteiger partial charge in [0.15, 0.2) is 5.69 Å². The average Bonchev–Trinajstić information content (AvgIpc) is 3.27. The second-order valence-electron chi connectivity index (χ2n) is 7.82. The van der Waals surface area contributed by atoms with Gasteiger partial charge in [-0.1, -0.05) is 42.5 Å². The molecule has 0 aliphatic rings. The number of rotatable bonds is 9. The van der Waals surface area contributed by atoms with Gasteiger partial charge < -0.3 is 15.2 Å². The van der Waals surface area contributed by atoms with E-state index in [4.69, 9.17) is 4.74 Å². The zero-order chi connectivity index (χ0) is 24.8. The van der Waals surface area contributed by atoms with Gasteiger partial charge in [0.25, 0.3) is 5.91 Å². The molecule has 2 heterocycles. The van der Waals surface area contributed by atoms with Crippen molar-refractivity contribution in [3.63, 3.8) is 0 Å². The maximum absolute atomic E-state index is 14.6. The first-order valence-electron chi connectivity index (χ1n) is 10.9. The number of halogens is 1. The van der Waals surface area contributed by atoms with Gasteiger partial charge in [-0.05, 0) is 42.3 Å². The molecule has 0 saturated carbocycles. The molecule has 0 radical (unpaired) electrons. The number of nitrogens with one attached hydrogen (secondary N) is 1. The molecule has 8 nitrogen and oxygen atoms in total. The molecule has 0 bridgehead atoms. The molecule has 178 valence electrons. The molecule has 0 fully saturated rings. The molecule has 9 heteroatoms. The Hall–Kier alpha value is -4.53. The number of carboxylic acids is 1. The molecule has 2 aromatic heterocycles. The molecule has 35 heavy (non-hydrogen) atoms. The summed E-state index contributed by atoms with van der Waals surface area (Å²) in [5, 5.41) is 16.4. The number of aromatic nitrogens is 3. The first-order valence-corrected chi connectivity index (χ1v) is 10.9. The number of carboxylic acid groups (broad SMARTS) is 1. The highest BCUT2D eigenvalue weighted by Gasteiger charge is 2.24. The van der Waals surface area contributed by atoms with Crippen molar-refractivity contribution in [1.29, 1.82) is 0 Å². The molecule has 4 rings (SSSR count). The van der Waals surface area contributed by atoms with Crippen LogP contribution in [0.1, 0.15) is 39.8 Å². The van der Waals surface area contributed by atoms with Gasteiger partial charge in [-0.2, -0.15) is 9.78 Å². The highest BCUT2D eigenvalue weighted by molar-refractivity contribution is 5.93. The van der Waals surface area contributed by atoms with Crippen molar-refractivity contribution in [3.05, 3.63) is 107 Å².